The molecular formula is C22H33F2N3O. The molecule has 3 aliphatic rings. The summed E-state index contributed by atoms with van der Waals surface area (Å²) in [5.74, 6) is -0.902. The molecule has 4 nitrogen and oxygen atoms in total. The largest absolute Gasteiger partial charge is 0.370 e. The van der Waals surface area contributed by atoms with Crippen molar-refractivity contribution in [2.24, 2.45) is 11.1 Å². The Morgan fingerprint density at radius 3 is 2.54 bits per heavy atom. The molecule has 0 saturated carbocycles. The van der Waals surface area contributed by atoms with E-state index >= 15 is 0 Å². The molecule has 0 bridgehead atoms. The fourth-order valence-electron chi connectivity index (χ4n) is 5.36. The van der Waals surface area contributed by atoms with Crippen molar-refractivity contribution in [1.82, 2.24) is 9.80 Å². The van der Waals surface area contributed by atoms with Gasteiger partial charge in [-0.05, 0) is 82.8 Å². The van der Waals surface area contributed by atoms with E-state index < -0.39 is 17.7 Å². The van der Waals surface area contributed by atoms with Gasteiger partial charge >= 0.3 is 0 Å². The summed E-state index contributed by atoms with van der Waals surface area (Å²) < 4.78 is 33.7. The third-order valence-electron chi connectivity index (χ3n) is 7.24. The van der Waals surface area contributed by atoms with Crippen LogP contribution in [0.1, 0.15) is 51.2 Å². The Labute approximate surface area is 167 Å². The maximum Gasteiger partial charge on any atom is 0.129 e. The van der Waals surface area contributed by atoms with E-state index in [1.165, 1.54) is 38.4 Å². The van der Waals surface area contributed by atoms with Gasteiger partial charge in [0.25, 0.3) is 0 Å². The normalized spacial score (nSPS) is 31.7. The van der Waals surface area contributed by atoms with Gasteiger partial charge < -0.3 is 15.4 Å². The van der Waals surface area contributed by atoms with Gasteiger partial charge in [-0.2, -0.15) is 0 Å². The molecule has 3 heterocycles. The van der Waals surface area contributed by atoms with Gasteiger partial charge in [0.1, 0.15) is 17.7 Å². The summed E-state index contributed by atoms with van der Waals surface area (Å²) in [5, 5.41) is 0. The lowest BCUT2D eigenvalue weighted by Crippen LogP contribution is -2.50. The number of hydrogen-bond acceptors (Lipinski definition) is 4. The highest BCUT2D eigenvalue weighted by atomic mass is 19.1. The van der Waals surface area contributed by atoms with Crippen LogP contribution in [0, 0.1) is 17.0 Å². The van der Waals surface area contributed by atoms with Crippen LogP contribution < -0.4 is 5.73 Å². The van der Waals surface area contributed by atoms with E-state index in [0.717, 1.165) is 31.6 Å². The summed E-state index contributed by atoms with van der Waals surface area (Å²) in [6, 6.07) is 4.07. The van der Waals surface area contributed by atoms with Crippen LogP contribution in [0.15, 0.2) is 18.2 Å². The molecule has 1 spiro atoms. The number of nitrogens with zero attached hydrogens (tertiary/aromatic N) is 2. The van der Waals surface area contributed by atoms with Crippen LogP contribution in [0.3, 0.4) is 0 Å². The minimum Gasteiger partial charge on any atom is -0.370 e. The SMILES string of the molecule is CC(C)N1CCC2(CC1)CCN([C@H]1CO[C@H](c3cc(F)ccc3F)[C@@H](N)C1)C2. The first-order valence-corrected chi connectivity index (χ1v) is 10.7. The van der Waals surface area contributed by atoms with Crippen molar-refractivity contribution in [3.63, 3.8) is 0 Å². The topological polar surface area (TPSA) is 41.7 Å². The highest BCUT2D eigenvalue weighted by Crippen LogP contribution is 2.42. The first kappa shape index (κ1) is 20.2. The van der Waals surface area contributed by atoms with Gasteiger partial charge in [0.15, 0.2) is 0 Å². The van der Waals surface area contributed by atoms with Crippen LogP contribution in [-0.2, 0) is 4.74 Å². The van der Waals surface area contributed by atoms with E-state index in [2.05, 4.69) is 23.6 Å². The van der Waals surface area contributed by atoms with Crippen LogP contribution in [0.2, 0.25) is 0 Å². The number of rotatable bonds is 3. The molecule has 3 atom stereocenters. The molecule has 1 aromatic rings. The van der Waals surface area contributed by atoms with Gasteiger partial charge in [0.2, 0.25) is 0 Å². The zero-order chi connectivity index (χ0) is 19.9. The summed E-state index contributed by atoms with van der Waals surface area (Å²) in [5.41, 5.74) is 7.03. The second-order valence-corrected chi connectivity index (χ2v) is 9.32. The second-order valence-electron chi connectivity index (χ2n) is 9.32. The van der Waals surface area contributed by atoms with Crippen LogP contribution in [-0.4, -0.2) is 60.7 Å². The van der Waals surface area contributed by atoms with Crippen LogP contribution in [0.5, 0.6) is 0 Å². The van der Waals surface area contributed by atoms with E-state index in [1.807, 2.05) is 0 Å². The van der Waals surface area contributed by atoms with E-state index in [4.69, 9.17) is 10.5 Å². The third kappa shape index (κ3) is 3.97. The smallest absolute Gasteiger partial charge is 0.129 e. The predicted octanol–water partition coefficient (Wildman–Crippen LogP) is 3.32. The Morgan fingerprint density at radius 1 is 1.14 bits per heavy atom. The minimum absolute atomic E-state index is 0.241. The van der Waals surface area contributed by atoms with Crippen LogP contribution in [0.25, 0.3) is 0 Å². The summed E-state index contributed by atoms with van der Waals surface area (Å²) >= 11 is 0. The lowest BCUT2D eigenvalue weighted by atomic mass is 9.77. The molecule has 3 aliphatic heterocycles. The van der Waals surface area contributed by atoms with Gasteiger partial charge in [0, 0.05) is 30.2 Å². The van der Waals surface area contributed by atoms with Crippen LogP contribution >= 0.6 is 0 Å². The van der Waals surface area contributed by atoms with E-state index in [1.54, 1.807) is 0 Å². The number of ether oxygens (including phenoxy) is 1. The van der Waals surface area contributed by atoms with Gasteiger partial charge in [-0.25, -0.2) is 8.78 Å². The second kappa shape index (κ2) is 7.98. The zero-order valence-electron chi connectivity index (χ0n) is 17.0. The number of hydrogen-bond donors (Lipinski definition) is 1. The Kier molecular flexibility index (Phi) is 5.76. The molecule has 0 radical (unpaired) electrons. The molecule has 156 valence electrons. The number of nitrogens with two attached hydrogens (primary N) is 1. The van der Waals surface area contributed by atoms with Gasteiger partial charge in [-0.15, -0.1) is 0 Å². The molecule has 28 heavy (non-hydrogen) atoms. The van der Waals surface area contributed by atoms with E-state index in [9.17, 15) is 8.78 Å². The Balaban J connectivity index is 1.36. The van der Waals surface area contributed by atoms with Crippen molar-refractivity contribution >= 4 is 0 Å². The summed E-state index contributed by atoms with van der Waals surface area (Å²) in [4.78, 5) is 5.11. The summed E-state index contributed by atoms with van der Waals surface area (Å²) in [7, 11) is 0. The number of likely N-dealkylation sites (tertiary alicyclic amines) is 2. The summed E-state index contributed by atoms with van der Waals surface area (Å²) in [6.45, 7) is 9.65. The highest BCUT2D eigenvalue weighted by Gasteiger charge is 2.44. The monoisotopic (exact) mass is 393 g/mol. The quantitative estimate of drug-likeness (QED) is 0.856. The molecule has 1 aromatic carbocycles. The predicted molar refractivity (Wildman–Crippen MR) is 106 cm³/mol. The molecule has 3 saturated heterocycles. The fraction of sp³-hybridized carbons (Fsp3) is 0.727. The average Bonchev–Trinajstić information content (AvgIpc) is 3.08. The standard InChI is InChI=1S/C22H33F2N3O/c1-15(2)26-8-5-22(6-9-26)7-10-27(14-22)17-12-20(25)21(28-13-17)18-11-16(23)3-4-19(18)24/h3-4,11,15,17,20-21H,5-10,12-14,25H2,1-2H3/t17-,20+,21-/m1/s1. The molecule has 0 aromatic heterocycles. The first-order valence-electron chi connectivity index (χ1n) is 10.7. The zero-order valence-corrected chi connectivity index (χ0v) is 17.0. The average molecular weight is 394 g/mol. The number of halogens is 2. The van der Waals surface area contributed by atoms with Crippen molar-refractivity contribution in [3.8, 4) is 0 Å². The number of benzene rings is 1. The molecular weight excluding hydrogens is 360 g/mol. The van der Waals surface area contributed by atoms with Crippen molar-refractivity contribution in [2.45, 2.75) is 63.8 Å². The molecule has 2 N–H and O–H groups in total. The van der Waals surface area contributed by atoms with Gasteiger partial charge in [0.05, 0.1) is 6.61 Å². The Bertz CT molecular complexity index is 690. The lowest BCUT2D eigenvalue weighted by Gasteiger charge is -2.43. The lowest BCUT2D eigenvalue weighted by molar-refractivity contribution is -0.0503. The number of piperidine rings is 1. The van der Waals surface area contributed by atoms with Crippen molar-refractivity contribution in [1.29, 1.82) is 0 Å². The van der Waals surface area contributed by atoms with Gasteiger partial charge in [-0.1, -0.05) is 0 Å². The molecule has 4 rings (SSSR count). The van der Waals surface area contributed by atoms with Crippen molar-refractivity contribution < 1.29 is 13.5 Å². The molecule has 0 unspecified atom stereocenters. The van der Waals surface area contributed by atoms with E-state index in [0.29, 0.717) is 18.1 Å². The molecule has 0 amide bonds. The highest BCUT2D eigenvalue weighted by molar-refractivity contribution is 5.23. The first-order chi connectivity index (χ1) is 13.4. The fourth-order valence-corrected chi connectivity index (χ4v) is 5.36. The molecule has 0 aliphatic carbocycles. The van der Waals surface area contributed by atoms with Gasteiger partial charge in [-0.3, -0.25) is 4.90 Å². The minimum atomic E-state index is -0.571. The Morgan fingerprint density at radius 2 is 1.86 bits per heavy atom. The maximum absolute atomic E-state index is 14.1. The third-order valence-corrected chi connectivity index (χ3v) is 7.24. The molecule has 3 fully saturated rings. The van der Waals surface area contributed by atoms with Crippen LogP contribution in [0.4, 0.5) is 8.78 Å². The van der Waals surface area contributed by atoms with E-state index in [-0.39, 0.29) is 17.6 Å². The van der Waals surface area contributed by atoms with Crippen molar-refractivity contribution in [3.05, 3.63) is 35.4 Å². The van der Waals surface area contributed by atoms with Crippen molar-refractivity contribution in [2.75, 3.05) is 32.8 Å². The molecule has 6 heteroatoms. The maximum atomic E-state index is 14.1. The Hall–Kier alpha value is -1.08. The summed E-state index contributed by atoms with van der Waals surface area (Å²) in [6.07, 6.45) is 3.95.